The zero-order chi connectivity index (χ0) is 13.0. The van der Waals surface area contributed by atoms with Crippen LogP contribution in [-0.4, -0.2) is 40.7 Å². The molecule has 0 aliphatic carbocycles. The molecule has 0 amide bonds. The van der Waals surface area contributed by atoms with Gasteiger partial charge in [0, 0.05) is 28.3 Å². The summed E-state index contributed by atoms with van der Waals surface area (Å²) in [6.07, 6.45) is 0.762. The molecular weight excluding hydrogens is 246 g/mol. The van der Waals surface area contributed by atoms with Gasteiger partial charge in [0.05, 0.1) is 10.5 Å². The summed E-state index contributed by atoms with van der Waals surface area (Å²) in [5, 5.41) is 0. The highest BCUT2D eigenvalue weighted by Crippen LogP contribution is 2.15. The molecule has 0 aromatic carbocycles. The second kappa shape index (κ2) is 6.12. The molecule has 0 saturated carbocycles. The largest absolute Gasteiger partial charge is 0.327 e. The molecule has 0 bridgehead atoms. The Balaban J connectivity index is 4.22. The number of nitrogens with two attached hydrogens (primary N) is 1. The van der Waals surface area contributed by atoms with Gasteiger partial charge in [-0.15, -0.1) is 0 Å². The van der Waals surface area contributed by atoms with E-state index in [1.807, 2.05) is 6.92 Å². The Bertz CT molecular complexity index is 330. The Morgan fingerprint density at radius 2 is 1.81 bits per heavy atom. The SMILES string of the molecule is CCC(N)CS(=O)CCS(=O)(=O)C(C)(C)C. The lowest BCUT2D eigenvalue weighted by Crippen LogP contribution is -2.34. The Morgan fingerprint density at radius 3 is 2.19 bits per heavy atom. The molecule has 2 unspecified atom stereocenters. The van der Waals surface area contributed by atoms with E-state index in [1.165, 1.54) is 0 Å². The molecule has 6 heteroatoms. The summed E-state index contributed by atoms with van der Waals surface area (Å²) < 4.78 is 34.3. The molecule has 0 aromatic rings. The van der Waals surface area contributed by atoms with Gasteiger partial charge in [0.15, 0.2) is 9.84 Å². The van der Waals surface area contributed by atoms with E-state index in [1.54, 1.807) is 20.8 Å². The van der Waals surface area contributed by atoms with Crippen LogP contribution < -0.4 is 5.73 Å². The van der Waals surface area contributed by atoms with Crippen LogP contribution >= 0.6 is 0 Å². The molecule has 0 aromatic heterocycles. The van der Waals surface area contributed by atoms with E-state index in [9.17, 15) is 12.6 Å². The highest BCUT2D eigenvalue weighted by Gasteiger charge is 2.28. The zero-order valence-corrected chi connectivity index (χ0v) is 12.2. The summed E-state index contributed by atoms with van der Waals surface area (Å²) in [5.41, 5.74) is 5.66. The molecule has 0 fully saturated rings. The quantitative estimate of drug-likeness (QED) is 0.769. The van der Waals surface area contributed by atoms with Crippen molar-refractivity contribution in [2.45, 2.75) is 44.9 Å². The third-order valence-corrected chi connectivity index (χ3v) is 6.76. The van der Waals surface area contributed by atoms with E-state index >= 15 is 0 Å². The maximum Gasteiger partial charge on any atom is 0.156 e. The van der Waals surface area contributed by atoms with Gasteiger partial charge in [0.25, 0.3) is 0 Å². The number of sulfone groups is 1. The highest BCUT2D eigenvalue weighted by molar-refractivity contribution is 7.94. The van der Waals surface area contributed by atoms with Crippen LogP contribution in [0.4, 0.5) is 0 Å². The van der Waals surface area contributed by atoms with Gasteiger partial charge in [-0.1, -0.05) is 6.92 Å². The fourth-order valence-electron chi connectivity index (χ4n) is 0.949. The minimum atomic E-state index is -3.17. The average Bonchev–Trinajstić information content (AvgIpc) is 2.13. The fourth-order valence-corrected chi connectivity index (χ4v) is 4.06. The van der Waals surface area contributed by atoms with Crippen molar-refractivity contribution in [1.82, 2.24) is 0 Å². The molecule has 4 nitrogen and oxygen atoms in total. The molecule has 16 heavy (non-hydrogen) atoms. The summed E-state index contributed by atoms with van der Waals surface area (Å²) in [7, 11) is -4.30. The first-order chi connectivity index (χ1) is 7.10. The maximum atomic E-state index is 11.7. The topological polar surface area (TPSA) is 77.2 Å². The molecule has 0 saturated heterocycles. The predicted octanol–water partition coefficient (Wildman–Crippen LogP) is 0.686. The lowest BCUT2D eigenvalue weighted by atomic mass is 10.3. The van der Waals surface area contributed by atoms with Crippen LogP contribution in [0.25, 0.3) is 0 Å². The van der Waals surface area contributed by atoms with Gasteiger partial charge in [0.2, 0.25) is 0 Å². The van der Waals surface area contributed by atoms with Gasteiger partial charge in [-0.25, -0.2) is 8.42 Å². The van der Waals surface area contributed by atoms with Crippen molar-refractivity contribution in [3.8, 4) is 0 Å². The zero-order valence-electron chi connectivity index (χ0n) is 10.5. The Morgan fingerprint density at radius 1 is 1.31 bits per heavy atom. The van der Waals surface area contributed by atoms with Gasteiger partial charge in [-0.2, -0.15) is 0 Å². The number of hydrogen-bond donors (Lipinski definition) is 1. The summed E-state index contributed by atoms with van der Waals surface area (Å²) in [6, 6.07) is -0.0989. The van der Waals surface area contributed by atoms with E-state index in [2.05, 4.69) is 0 Å². The normalized spacial score (nSPS) is 17.1. The lowest BCUT2D eigenvalue weighted by molar-refractivity contribution is 0.561. The first-order valence-electron chi connectivity index (χ1n) is 5.43. The number of hydrogen-bond acceptors (Lipinski definition) is 4. The molecule has 0 aliphatic rings. The second-order valence-electron chi connectivity index (χ2n) is 4.91. The molecule has 0 spiro atoms. The van der Waals surface area contributed by atoms with Crippen molar-refractivity contribution in [2.24, 2.45) is 5.73 Å². The van der Waals surface area contributed by atoms with E-state index in [0.717, 1.165) is 6.42 Å². The smallest absolute Gasteiger partial charge is 0.156 e. The van der Waals surface area contributed by atoms with Gasteiger partial charge in [-0.3, -0.25) is 4.21 Å². The maximum absolute atomic E-state index is 11.7. The van der Waals surface area contributed by atoms with E-state index < -0.39 is 25.4 Å². The van der Waals surface area contributed by atoms with Crippen LogP contribution in [-0.2, 0) is 20.6 Å². The average molecular weight is 269 g/mol. The lowest BCUT2D eigenvalue weighted by Gasteiger charge is -2.19. The summed E-state index contributed by atoms with van der Waals surface area (Å²) in [5.74, 6) is 0.545. The minimum Gasteiger partial charge on any atom is -0.327 e. The molecule has 0 aliphatic heterocycles. The summed E-state index contributed by atoms with van der Waals surface area (Å²) >= 11 is 0. The minimum absolute atomic E-state index is 0.0282. The second-order valence-corrected chi connectivity index (χ2v) is 9.39. The van der Waals surface area contributed by atoms with Crippen LogP contribution in [0, 0.1) is 0 Å². The molecule has 0 rings (SSSR count). The van der Waals surface area contributed by atoms with Crippen LogP contribution in [0.1, 0.15) is 34.1 Å². The van der Waals surface area contributed by atoms with Gasteiger partial charge in [0.1, 0.15) is 0 Å². The van der Waals surface area contributed by atoms with Crippen molar-refractivity contribution in [3.63, 3.8) is 0 Å². The fraction of sp³-hybridized carbons (Fsp3) is 1.00. The Labute approximate surface area is 101 Å². The Hall–Kier alpha value is 0.0600. The monoisotopic (exact) mass is 269 g/mol. The summed E-state index contributed by atoms with van der Waals surface area (Å²) in [6.45, 7) is 6.89. The van der Waals surface area contributed by atoms with Crippen LogP contribution in [0.3, 0.4) is 0 Å². The standard InChI is InChI=1S/C10H23NO3S2/c1-5-9(11)8-15(12)6-7-16(13,14)10(2,3)4/h9H,5-8,11H2,1-4H3. The van der Waals surface area contributed by atoms with Crippen LogP contribution in [0.15, 0.2) is 0 Å². The third kappa shape index (κ3) is 5.41. The van der Waals surface area contributed by atoms with Gasteiger partial charge in [-0.05, 0) is 27.2 Å². The number of rotatable bonds is 6. The van der Waals surface area contributed by atoms with E-state index in [4.69, 9.17) is 5.73 Å². The molecule has 98 valence electrons. The van der Waals surface area contributed by atoms with Crippen LogP contribution in [0.5, 0.6) is 0 Å². The van der Waals surface area contributed by atoms with Crippen molar-refractivity contribution >= 4 is 20.6 Å². The van der Waals surface area contributed by atoms with Crippen molar-refractivity contribution < 1.29 is 12.6 Å². The highest BCUT2D eigenvalue weighted by atomic mass is 32.2. The summed E-state index contributed by atoms with van der Waals surface area (Å²) in [4.78, 5) is 0. The Kier molecular flexibility index (Phi) is 6.14. The van der Waals surface area contributed by atoms with Gasteiger partial charge >= 0.3 is 0 Å². The predicted molar refractivity (Wildman–Crippen MR) is 69.7 cm³/mol. The van der Waals surface area contributed by atoms with Crippen molar-refractivity contribution in [2.75, 3.05) is 17.3 Å². The first-order valence-corrected chi connectivity index (χ1v) is 8.57. The van der Waals surface area contributed by atoms with Gasteiger partial charge < -0.3 is 5.73 Å². The van der Waals surface area contributed by atoms with Crippen molar-refractivity contribution in [1.29, 1.82) is 0 Å². The van der Waals surface area contributed by atoms with E-state index in [-0.39, 0.29) is 17.5 Å². The molecular formula is C10H23NO3S2. The molecule has 2 N–H and O–H groups in total. The molecule has 0 radical (unpaired) electrons. The van der Waals surface area contributed by atoms with Crippen LogP contribution in [0.2, 0.25) is 0 Å². The first kappa shape index (κ1) is 16.1. The third-order valence-electron chi connectivity index (χ3n) is 2.44. The molecule has 0 heterocycles. The van der Waals surface area contributed by atoms with Crippen molar-refractivity contribution in [3.05, 3.63) is 0 Å². The van der Waals surface area contributed by atoms with E-state index in [0.29, 0.717) is 5.75 Å². The molecule has 2 atom stereocenters.